The van der Waals surface area contributed by atoms with Crippen LogP contribution in [0.5, 0.6) is 5.75 Å². The van der Waals surface area contributed by atoms with Crippen LogP contribution in [0.25, 0.3) is 0 Å². The number of ether oxygens (including phenoxy) is 1. The van der Waals surface area contributed by atoms with Crippen molar-refractivity contribution in [2.24, 2.45) is 0 Å². The van der Waals surface area contributed by atoms with Crippen LogP contribution in [0.2, 0.25) is 0 Å². The van der Waals surface area contributed by atoms with Crippen molar-refractivity contribution in [1.82, 2.24) is 5.16 Å². The van der Waals surface area contributed by atoms with Crippen LogP contribution in [0.1, 0.15) is 11.5 Å². The van der Waals surface area contributed by atoms with Gasteiger partial charge in [0.15, 0.2) is 5.76 Å². The molecular weight excluding hydrogens is 305 g/mol. The summed E-state index contributed by atoms with van der Waals surface area (Å²) in [6.07, 6.45) is 0. The number of benzene rings is 1. The van der Waals surface area contributed by atoms with Crippen molar-refractivity contribution in [2.75, 3.05) is 0 Å². The lowest BCUT2D eigenvalue weighted by atomic mass is 10.3. The molecule has 15 heavy (non-hydrogen) atoms. The summed E-state index contributed by atoms with van der Waals surface area (Å²) in [5.41, 5.74) is 0.872. The lowest BCUT2D eigenvalue weighted by molar-refractivity contribution is 0.247. The molecule has 0 N–H and O–H groups in total. The fourth-order valence-corrected chi connectivity index (χ4v) is 1.74. The highest BCUT2D eigenvalue weighted by Crippen LogP contribution is 2.20. The van der Waals surface area contributed by atoms with Crippen LogP contribution >= 0.6 is 22.6 Å². The first-order chi connectivity index (χ1) is 7.25. The van der Waals surface area contributed by atoms with E-state index in [-0.39, 0.29) is 0 Å². The number of hydrogen-bond acceptors (Lipinski definition) is 3. The average Bonchev–Trinajstić information content (AvgIpc) is 2.63. The van der Waals surface area contributed by atoms with E-state index in [0.717, 1.165) is 20.8 Å². The minimum absolute atomic E-state index is 0.418. The first-order valence-corrected chi connectivity index (χ1v) is 5.63. The summed E-state index contributed by atoms with van der Waals surface area (Å²) >= 11 is 2.24. The van der Waals surface area contributed by atoms with Gasteiger partial charge in [-0.2, -0.15) is 0 Å². The minimum Gasteiger partial charge on any atom is -0.484 e. The Morgan fingerprint density at radius 3 is 2.87 bits per heavy atom. The van der Waals surface area contributed by atoms with E-state index in [1.807, 2.05) is 37.3 Å². The molecule has 1 aromatic carbocycles. The van der Waals surface area contributed by atoms with E-state index >= 15 is 0 Å². The summed E-state index contributed by atoms with van der Waals surface area (Å²) in [4.78, 5) is 0. The van der Waals surface area contributed by atoms with Gasteiger partial charge in [-0.05, 0) is 41.6 Å². The molecule has 1 aromatic heterocycles. The maximum atomic E-state index is 5.59. The molecule has 78 valence electrons. The zero-order valence-corrected chi connectivity index (χ0v) is 10.4. The van der Waals surface area contributed by atoms with Crippen molar-refractivity contribution >= 4 is 22.6 Å². The third-order valence-electron chi connectivity index (χ3n) is 1.88. The van der Waals surface area contributed by atoms with Crippen LogP contribution in [0.3, 0.4) is 0 Å². The molecule has 1 heterocycles. The molecule has 0 radical (unpaired) electrons. The van der Waals surface area contributed by atoms with Crippen molar-refractivity contribution in [3.63, 3.8) is 0 Å². The van der Waals surface area contributed by atoms with E-state index in [1.165, 1.54) is 0 Å². The van der Waals surface area contributed by atoms with E-state index in [1.54, 1.807) is 0 Å². The molecule has 3 nitrogen and oxygen atoms in total. The van der Waals surface area contributed by atoms with E-state index in [9.17, 15) is 0 Å². The van der Waals surface area contributed by atoms with Gasteiger partial charge in [0.05, 0.1) is 9.26 Å². The highest BCUT2D eigenvalue weighted by molar-refractivity contribution is 14.1. The van der Waals surface area contributed by atoms with Crippen molar-refractivity contribution in [1.29, 1.82) is 0 Å². The minimum atomic E-state index is 0.418. The van der Waals surface area contributed by atoms with Gasteiger partial charge in [0, 0.05) is 6.07 Å². The number of aromatic nitrogens is 1. The topological polar surface area (TPSA) is 35.3 Å². The highest BCUT2D eigenvalue weighted by Gasteiger charge is 2.03. The lowest BCUT2D eigenvalue weighted by Gasteiger charge is -2.04. The molecule has 0 atom stereocenters. The molecule has 2 aromatic rings. The Bertz CT molecular complexity index is 453. The first kappa shape index (κ1) is 10.5. The zero-order valence-electron chi connectivity index (χ0n) is 8.24. The molecule has 0 aliphatic heterocycles. The molecule has 0 aliphatic carbocycles. The number of aryl methyl sites for hydroxylation is 1. The fourth-order valence-electron chi connectivity index (χ4n) is 1.19. The Balaban J connectivity index is 2.02. The molecule has 0 bridgehead atoms. The molecule has 0 aliphatic rings. The SMILES string of the molecule is Cc1cc(COc2ccccc2I)on1. The number of nitrogens with zero attached hydrogens (tertiary/aromatic N) is 1. The van der Waals surface area contributed by atoms with Crippen molar-refractivity contribution in [2.45, 2.75) is 13.5 Å². The van der Waals surface area contributed by atoms with E-state index in [4.69, 9.17) is 9.26 Å². The summed E-state index contributed by atoms with van der Waals surface area (Å²) in [6, 6.07) is 9.73. The summed E-state index contributed by atoms with van der Waals surface area (Å²) in [6.45, 7) is 2.31. The maximum absolute atomic E-state index is 5.59. The van der Waals surface area contributed by atoms with Gasteiger partial charge in [0.25, 0.3) is 0 Å². The predicted octanol–water partition coefficient (Wildman–Crippen LogP) is 3.17. The van der Waals surface area contributed by atoms with Crippen LogP contribution in [0.15, 0.2) is 34.9 Å². The molecular formula is C11H10INO2. The Morgan fingerprint density at radius 2 is 2.20 bits per heavy atom. The van der Waals surface area contributed by atoms with Gasteiger partial charge in [0.2, 0.25) is 0 Å². The first-order valence-electron chi connectivity index (χ1n) is 4.55. The second-order valence-corrected chi connectivity index (χ2v) is 4.32. The Hall–Kier alpha value is -1.04. The van der Waals surface area contributed by atoms with Crippen LogP contribution in [-0.2, 0) is 6.61 Å². The number of para-hydroxylation sites is 1. The van der Waals surface area contributed by atoms with Crippen molar-refractivity contribution in [3.8, 4) is 5.75 Å². The highest BCUT2D eigenvalue weighted by atomic mass is 127. The fraction of sp³-hybridized carbons (Fsp3) is 0.182. The van der Waals surface area contributed by atoms with Gasteiger partial charge in [0.1, 0.15) is 12.4 Å². The summed E-state index contributed by atoms with van der Waals surface area (Å²) in [5, 5.41) is 3.79. The van der Waals surface area contributed by atoms with Crippen molar-refractivity contribution < 1.29 is 9.26 Å². The second-order valence-electron chi connectivity index (χ2n) is 3.15. The van der Waals surface area contributed by atoms with Gasteiger partial charge in [-0.1, -0.05) is 17.3 Å². The smallest absolute Gasteiger partial charge is 0.174 e. The third-order valence-corrected chi connectivity index (χ3v) is 2.77. The van der Waals surface area contributed by atoms with Crippen LogP contribution in [-0.4, -0.2) is 5.16 Å². The Morgan fingerprint density at radius 1 is 1.40 bits per heavy atom. The van der Waals surface area contributed by atoms with E-state index in [0.29, 0.717) is 6.61 Å². The number of rotatable bonds is 3. The number of hydrogen-bond donors (Lipinski definition) is 0. The molecule has 0 amide bonds. The van der Waals surface area contributed by atoms with E-state index < -0.39 is 0 Å². The molecule has 0 fully saturated rings. The van der Waals surface area contributed by atoms with Gasteiger partial charge in [-0.25, -0.2) is 0 Å². The molecule has 0 saturated carbocycles. The molecule has 0 spiro atoms. The van der Waals surface area contributed by atoms with Gasteiger partial charge < -0.3 is 9.26 Å². The summed E-state index contributed by atoms with van der Waals surface area (Å²) in [7, 11) is 0. The molecule has 2 rings (SSSR count). The molecule has 4 heteroatoms. The normalized spacial score (nSPS) is 10.3. The average molecular weight is 315 g/mol. The third kappa shape index (κ3) is 2.71. The molecule has 0 unspecified atom stereocenters. The predicted molar refractivity (Wildman–Crippen MR) is 64.7 cm³/mol. The monoisotopic (exact) mass is 315 g/mol. The molecule has 0 saturated heterocycles. The maximum Gasteiger partial charge on any atom is 0.174 e. The zero-order chi connectivity index (χ0) is 10.7. The number of halogens is 1. The van der Waals surface area contributed by atoms with Gasteiger partial charge in [-0.15, -0.1) is 0 Å². The van der Waals surface area contributed by atoms with Crippen molar-refractivity contribution in [3.05, 3.63) is 45.4 Å². The summed E-state index contributed by atoms with van der Waals surface area (Å²) < 4.78 is 11.7. The van der Waals surface area contributed by atoms with E-state index in [2.05, 4.69) is 27.7 Å². The Labute approximate surface area is 102 Å². The van der Waals surface area contributed by atoms with Crippen LogP contribution in [0.4, 0.5) is 0 Å². The standard InChI is InChI=1S/C11H10INO2/c1-8-6-9(15-13-8)7-14-11-5-3-2-4-10(11)12/h2-6H,7H2,1H3. The quantitative estimate of drug-likeness (QED) is 0.816. The lowest BCUT2D eigenvalue weighted by Crippen LogP contribution is -1.95. The van der Waals surface area contributed by atoms with Crippen LogP contribution in [0, 0.1) is 10.5 Å². The van der Waals surface area contributed by atoms with Gasteiger partial charge in [-0.3, -0.25) is 0 Å². The van der Waals surface area contributed by atoms with Crippen LogP contribution < -0.4 is 4.74 Å². The second kappa shape index (κ2) is 4.65. The largest absolute Gasteiger partial charge is 0.484 e. The summed E-state index contributed by atoms with van der Waals surface area (Å²) in [5.74, 6) is 1.61. The Kier molecular flexibility index (Phi) is 3.25. The van der Waals surface area contributed by atoms with Gasteiger partial charge >= 0.3 is 0 Å².